The van der Waals surface area contributed by atoms with Gasteiger partial charge in [-0.15, -0.1) is 0 Å². The third kappa shape index (κ3) is 33.8. The number of nitrogens with zero attached hydrogens (tertiary/aromatic N) is 5. The second kappa shape index (κ2) is 49.2. The van der Waals surface area contributed by atoms with Crippen LogP contribution in [0.2, 0.25) is 0 Å². The Bertz CT molecular complexity index is 5080. The SMILES string of the molecule is C.C.C.C.Cc1ccc(C(=O)c2ccc(C)cc2)cc1.Cc1ccc(Oc2cccc(C)c2)cc1.Cc1ccc2cc(C)ccc2c1.Cc1ccc2nc(C)ccc2c1.Cc1ccc2ncc(C)cc2c1.Cc1cccc(C)c1.Cc1cccc(C)n1.Cc1cccc2c(C)cccc12.Cc1cncc(C)c1.Cc1nc[nH]c1C. The zero-order valence-corrected chi connectivity index (χ0v) is 68.3. The highest BCUT2D eigenvalue weighted by molar-refractivity contribution is 6.09. The molecule has 11 aromatic carbocycles. The Morgan fingerprint density at radius 2 is 0.649 bits per heavy atom. The van der Waals surface area contributed by atoms with Gasteiger partial charge in [-0.2, -0.15) is 0 Å². The number of ketones is 1. The molecule has 0 saturated heterocycles. The van der Waals surface area contributed by atoms with Crippen LogP contribution in [-0.2, 0) is 0 Å². The molecule has 0 aliphatic rings. The van der Waals surface area contributed by atoms with Gasteiger partial charge >= 0.3 is 0 Å². The number of ether oxygens (including phenoxy) is 1. The van der Waals surface area contributed by atoms with E-state index in [0.29, 0.717) is 0 Å². The number of aryl methyl sites for hydroxylation is 20. The second-order valence-electron chi connectivity index (χ2n) is 28.5. The largest absolute Gasteiger partial charge is 0.457 e. The first-order valence-electron chi connectivity index (χ1n) is 37.5. The van der Waals surface area contributed by atoms with Crippen molar-refractivity contribution in [3.8, 4) is 11.5 Å². The lowest BCUT2D eigenvalue weighted by atomic mass is 10.0. The maximum absolute atomic E-state index is 12.1. The van der Waals surface area contributed by atoms with Crippen LogP contribution in [0.1, 0.15) is 158 Å². The molecule has 114 heavy (non-hydrogen) atoms. The molecule has 0 fully saturated rings. The summed E-state index contributed by atoms with van der Waals surface area (Å²) in [6.07, 6.45) is 7.31. The standard InChI is InChI=1S/C15H14O.C14H14O.2C12H12.2C11H11N.C8H10.2C7H9N.C5H8N2.4CH4/c1-11-3-7-13(8-4-11)15(16)14-9-5-12(2)6-10-14;1-11-6-8-13(9-7-11)15-14-5-3-4-12(2)10-14;1-9-3-5-12-8-10(2)4-6-11(12)7-9;1-9-5-3-8-12-10(2)6-4-7-11(9)12;1-8-3-6-11-10(7-8)5-4-9(2)12-11;1-8-3-4-11-10(5-8)6-9(2)7-12-11;1-7-4-3-5-8(2)6-7;1-6-3-7(2)5-8-4-6;1-6-4-3-5-7(2)8-6;1-4-5(2)7-3-6-4;;;;/h3-10H,1-2H3;3-10H,1-2H3;2*3-8H,1-2H3;2*3-7H,1-2H3;3-6H,1-2H3;2*3-5H,1-2H3;3H,1-2H3,(H,6,7);4*1H4. The van der Waals surface area contributed by atoms with Crippen molar-refractivity contribution in [1.82, 2.24) is 29.9 Å². The minimum Gasteiger partial charge on any atom is -0.457 e. The molecular formula is C106H126N6O2. The number of carbonyl (C=O) groups excluding carboxylic acids is 1. The lowest BCUT2D eigenvalue weighted by Gasteiger charge is -2.06. The normalized spacial score (nSPS) is 9.68. The van der Waals surface area contributed by atoms with Crippen LogP contribution in [0.4, 0.5) is 0 Å². The van der Waals surface area contributed by atoms with Gasteiger partial charge in [0.1, 0.15) is 11.5 Å². The molecule has 0 aliphatic carbocycles. The lowest BCUT2D eigenvalue weighted by molar-refractivity contribution is 0.103. The van der Waals surface area contributed by atoms with E-state index in [1.807, 2.05) is 196 Å². The quantitative estimate of drug-likeness (QED) is 0.175. The molecule has 5 aromatic heterocycles. The van der Waals surface area contributed by atoms with Gasteiger partial charge in [0.2, 0.25) is 0 Å². The summed E-state index contributed by atoms with van der Waals surface area (Å²) in [6.45, 7) is 41.2. The Morgan fingerprint density at radius 3 is 1.06 bits per heavy atom. The molecule has 0 radical (unpaired) electrons. The van der Waals surface area contributed by atoms with E-state index >= 15 is 0 Å². The predicted molar refractivity (Wildman–Crippen MR) is 496 cm³/mol. The fourth-order valence-corrected chi connectivity index (χ4v) is 11.4. The van der Waals surface area contributed by atoms with Crippen molar-refractivity contribution in [3.05, 3.63) is 421 Å². The summed E-state index contributed by atoms with van der Waals surface area (Å²) in [7, 11) is 0. The van der Waals surface area contributed by atoms with Crippen molar-refractivity contribution in [2.75, 3.05) is 0 Å². The fourth-order valence-electron chi connectivity index (χ4n) is 11.4. The summed E-state index contributed by atoms with van der Waals surface area (Å²) in [5, 5.41) is 7.87. The highest BCUT2D eigenvalue weighted by Crippen LogP contribution is 2.24. The maximum atomic E-state index is 12.1. The molecule has 16 aromatic rings. The first-order chi connectivity index (χ1) is 52.6. The monoisotopic (exact) mass is 1510 g/mol. The van der Waals surface area contributed by atoms with Crippen molar-refractivity contribution >= 4 is 49.1 Å². The van der Waals surface area contributed by atoms with E-state index in [1.165, 1.54) is 116 Å². The third-order valence-corrected chi connectivity index (χ3v) is 17.6. The van der Waals surface area contributed by atoms with Crippen LogP contribution in [0.25, 0.3) is 43.4 Å². The van der Waals surface area contributed by atoms with Crippen LogP contribution >= 0.6 is 0 Å². The van der Waals surface area contributed by atoms with Crippen LogP contribution < -0.4 is 4.74 Å². The number of imidazole rings is 1. The van der Waals surface area contributed by atoms with Gasteiger partial charge in [-0.3, -0.25) is 24.7 Å². The highest BCUT2D eigenvalue weighted by Gasteiger charge is 2.08. The number of hydrogen-bond donors (Lipinski definition) is 1. The summed E-state index contributed by atoms with van der Waals surface area (Å²) in [5.74, 6) is 1.85. The number of aromatic amines is 1. The van der Waals surface area contributed by atoms with Gasteiger partial charge in [0.15, 0.2) is 5.78 Å². The minimum absolute atomic E-state index is 0. The Morgan fingerprint density at radius 1 is 0.281 bits per heavy atom. The Hall–Kier alpha value is -12.3. The molecule has 592 valence electrons. The molecule has 8 heteroatoms. The zero-order chi connectivity index (χ0) is 79.7. The van der Waals surface area contributed by atoms with E-state index in [2.05, 4.69) is 264 Å². The summed E-state index contributed by atoms with van der Waals surface area (Å²) in [4.78, 5) is 35.9. The third-order valence-electron chi connectivity index (χ3n) is 17.6. The van der Waals surface area contributed by atoms with Crippen LogP contribution in [0.3, 0.4) is 0 Å². The number of benzene rings is 11. The number of rotatable bonds is 4. The average molecular weight is 1520 g/mol. The molecule has 16 rings (SSSR count). The molecule has 0 amide bonds. The van der Waals surface area contributed by atoms with Gasteiger partial charge in [-0.05, 0) is 266 Å². The number of pyridine rings is 4. The van der Waals surface area contributed by atoms with Crippen molar-refractivity contribution in [2.24, 2.45) is 0 Å². The molecule has 5 heterocycles. The van der Waals surface area contributed by atoms with Crippen molar-refractivity contribution in [1.29, 1.82) is 0 Å². The number of fused-ring (bicyclic) bond motifs is 4. The van der Waals surface area contributed by atoms with Crippen molar-refractivity contribution in [2.45, 2.75) is 168 Å². The summed E-state index contributed by atoms with van der Waals surface area (Å²) in [6, 6.07) is 92.9. The van der Waals surface area contributed by atoms with Crippen molar-refractivity contribution < 1.29 is 9.53 Å². The van der Waals surface area contributed by atoms with E-state index < -0.39 is 0 Å². The van der Waals surface area contributed by atoms with Crippen LogP contribution in [0, 0.1) is 138 Å². The topological polar surface area (TPSA) is 107 Å². The van der Waals surface area contributed by atoms with Gasteiger partial charge in [-0.1, -0.05) is 280 Å². The van der Waals surface area contributed by atoms with E-state index in [0.717, 1.165) is 62.1 Å². The van der Waals surface area contributed by atoms with Gasteiger partial charge in [0, 0.05) is 63.3 Å². The number of carbonyl (C=O) groups is 1. The Labute approximate surface area is 685 Å². The number of hydrogen-bond acceptors (Lipinski definition) is 7. The second-order valence-corrected chi connectivity index (χ2v) is 28.5. The maximum Gasteiger partial charge on any atom is 0.193 e. The van der Waals surface area contributed by atoms with Crippen molar-refractivity contribution in [3.63, 3.8) is 0 Å². The zero-order valence-electron chi connectivity index (χ0n) is 68.3. The molecule has 0 atom stereocenters. The predicted octanol–water partition coefficient (Wildman–Crippen LogP) is 29.5. The summed E-state index contributed by atoms with van der Waals surface area (Å²) >= 11 is 0. The van der Waals surface area contributed by atoms with Crippen LogP contribution in [0.15, 0.2) is 298 Å². The number of H-pyrrole nitrogens is 1. The highest BCUT2D eigenvalue weighted by atomic mass is 16.5. The van der Waals surface area contributed by atoms with E-state index in [-0.39, 0.29) is 35.5 Å². The smallest absolute Gasteiger partial charge is 0.193 e. The molecule has 8 nitrogen and oxygen atoms in total. The summed E-state index contributed by atoms with van der Waals surface area (Å²) < 4.78 is 5.71. The Kier molecular flexibility index (Phi) is 41.4. The van der Waals surface area contributed by atoms with Crippen LogP contribution in [0.5, 0.6) is 11.5 Å². The fraction of sp³-hybridized carbons (Fsp3) is 0.226. The summed E-state index contributed by atoms with van der Waals surface area (Å²) in [5.41, 5.74) is 28.2. The molecule has 0 spiro atoms. The molecular weight excluding hydrogens is 1390 g/mol. The van der Waals surface area contributed by atoms with Gasteiger partial charge in [0.25, 0.3) is 0 Å². The Balaban J connectivity index is 0.000000330. The minimum atomic E-state index is 0. The lowest BCUT2D eigenvalue weighted by Crippen LogP contribution is -2.00. The first kappa shape index (κ1) is 95.9. The van der Waals surface area contributed by atoms with Gasteiger partial charge < -0.3 is 9.72 Å². The van der Waals surface area contributed by atoms with Gasteiger partial charge in [-0.25, -0.2) is 4.98 Å². The van der Waals surface area contributed by atoms with E-state index in [4.69, 9.17) is 4.74 Å². The first-order valence-corrected chi connectivity index (χ1v) is 37.5. The van der Waals surface area contributed by atoms with Crippen LogP contribution in [-0.4, -0.2) is 35.7 Å². The number of nitrogens with one attached hydrogen (secondary N) is 1. The molecule has 1 N–H and O–H groups in total. The molecule has 0 unspecified atom stereocenters. The number of aromatic nitrogens is 6. The molecule has 0 bridgehead atoms. The molecule has 0 aliphatic heterocycles. The van der Waals surface area contributed by atoms with E-state index in [1.54, 1.807) is 6.33 Å². The molecule has 0 saturated carbocycles. The average Bonchev–Trinajstić information content (AvgIpc) is 0.870. The van der Waals surface area contributed by atoms with Gasteiger partial charge in [0.05, 0.1) is 23.1 Å². The van der Waals surface area contributed by atoms with E-state index in [9.17, 15) is 4.79 Å².